The van der Waals surface area contributed by atoms with E-state index in [9.17, 15) is 18.4 Å². The van der Waals surface area contributed by atoms with Crippen LogP contribution in [0.4, 0.5) is 8.78 Å². The summed E-state index contributed by atoms with van der Waals surface area (Å²) >= 11 is 0. The molecule has 0 aromatic heterocycles. The first-order valence-electron chi connectivity index (χ1n) is 7.65. The molecule has 1 aliphatic rings. The first-order valence-corrected chi connectivity index (χ1v) is 7.65. The van der Waals surface area contributed by atoms with E-state index in [0.717, 1.165) is 12.1 Å². The quantitative estimate of drug-likeness (QED) is 0.927. The normalized spacial score (nSPS) is 17.4. The van der Waals surface area contributed by atoms with Crippen LogP contribution in [0.2, 0.25) is 0 Å². The molecule has 1 amide bonds. The lowest BCUT2D eigenvalue weighted by molar-refractivity contribution is -0.0229. The van der Waals surface area contributed by atoms with E-state index in [1.54, 1.807) is 0 Å². The predicted molar refractivity (Wildman–Crippen MR) is 84.4 cm³/mol. The van der Waals surface area contributed by atoms with Crippen molar-refractivity contribution in [3.05, 3.63) is 70.8 Å². The van der Waals surface area contributed by atoms with Gasteiger partial charge in [-0.05, 0) is 35.9 Å². The molecule has 1 aliphatic heterocycles. The molecule has 2 aromatic rings. The van der Waals surface area contributed by atoms with Crippen LogP contribution < -0.4 is 0 Å². The van der Waals surface area contributed by atoms with Gasteiger partial charge in [0.1, 0.15) is 6.10 Å². The summed E-state index contributed by atoms with van der Waals surface area (Å²) < 4.78 is 32.0. The van der Waals surface area contributed by atoms with Gasteiger partial charge in [-0.25, -0.2) is 13.6 Å². The number of hydrogen-bond donors (Lipinski definition) is 1. The van der Waals surface area contributed by atoms with Gasteiger partial charge < -0.3 is 14.7 Å². The van der Waals surface area contributed by atoms with E-state index >= 15 is 0 Å². The molecular formula is C18H15F2NO4. The van der Waals surface area contributed by atoms with Crippen molar-refractivity contribution in [3.8, 4) is 0 Å². The van der Waals surface area contributed by atoms with Crippen molar-refractivity contribution in [2.24, 2.45) is 0 Å². The number of carbonyl (C=O) groups is 2. The third kappa shape index (κ3) is 3.66. The van der Waals surface area contributed by atoms with Crippen LogP contribution in [0, 0.1) is 11.6 Å². The first kappa shape index (κ1) is 17.0. The molecule has 0 bridgehead atoms. The molecule has 1 atom stereocenters. The Morgan fingerprint density at radius 3 is 2.56 bits per heavy atom. The van der Waals surface area contributed by atoms with Gasteiger partial charge in [0.2, 0.25) is 0 Å². The van der Waals surface area contributed by atoms with Crippen LogP contribution in [0.15, 0.2) is 42.5 Å². The predicted octanol–water partition coefficient (Wildman–Crippen LogP) is 2.88. The molecule has 0 unspecified atom stereocenters. The molecule has 25 heavy (non-hydrogen) atoms. The zero-order valence-corrected chi connectivity index (χ0v) is 13.1. The molecule has 2 aromatic carbocycles. The van der Waals surface area contributed by atoms with Crippen LogP contribution in [0.5, 0.6) is 0 Å². The maximum absolute atomic E-state index is 13.4. The van der Waals surface area contributed by atoms with Gasteiger partial charge in [-0.3, -0.25) is 4.79 Å². The first-order chi connectivity index (χ1) is 12.0. The SMILES string of the molecule is O=C(O)c1cccc(C(=O)N2CCO[C@@H](c3ccc(F)c(F)c3)C2)c1. The van der Waals surface area contributed by atoms with Crippen molar-refractivity contribution < 1.29 is 28.2 Å². The highest BCUT2D eigenvalue weighted by Crippen LogP contribution is 2.25. The van der Waals surface area contributed by atoms with E-state index in [0.29, 0.717) is 12.1 Å². The Bertz CT molecular complexity index is 824. The molecule has 130 valence electrons. The number of benzene rings is 2. The van der Waals surface area contributed by atoms with Gasteiger partial charge in [-0.15, -0.1) is 0 Å². The van der Waals surface area contributed by atoms with E-state index in [1.807, 2.05) is 0 Å². The van der Waals surface area contributed by atoms with Gasteiger partial charge in [-0.1, -0.05) is 12.1 Å². The Morgan fingerprint density at radius 1 is 1.08 bits per heavy atom. The Hall–Kier alpha value is -2.80. The number of carboxylic acids is 1. The van der Waals surface area contributed by atoms with Crippen LogP contribution in [-0.2, 0) is 4.74 Å². The molecular weight excluding hydrogens is 332 g/mol. The molecule has 0 saturated carbocycles. The molecule has 0 aliphatic carbocycles. The van der Waals surface area contributed by atoms with Gasteiger partial charge in [0, 0.05) is 12.1 Å². The third-order valence-electron chi connectivity index (χ3n) is 4.03. The zero-order valence-electron chi connectivity index (χ0n) is 13.1. The summed E-state index contributed by atoms with van der Waals surface area (Å²) in [5.74, 6) is -3.37. The minimum Gasteiger partial charge on any atom is -0.478 e. The maximum atomic E-state index is 13.4. The monoisotopic (exact) mass is 347 g/mol. The molecule has 0 radical (unpaired) electrons. The second-order valence-electron chi connectivity index (χ2n) is 5.67. The molecule has 1 fully saturated rings. The number of amides is 1. The molecule has 1 heterocycles. The fourth-order valence-corrected chi connectivity index (χ4v) is 2.72. The van der Waals surface area contributed by atoms with Gasteiger partial charge in [0.05, 0.1) is 18.7 Å². The van der Waals surface area contributed by atoms with Crippen LogP contribution in [0.3, 0.4) is 0 Å². The second kappa shape index (κ2) is 6.98. The van der Waals surface area contributed by atoms with Gasteiger partial charge in [-0.2, -0.15) is 0 Å². The number of rotatable bonds is 3. The number of carboxylic acid groups (broad SMARTS) is 1. The lowest BCUT2D eigenvalue weighted by atomic mass is 10.1. The summed E-state index contributed by atoms with van der Waals surface area (Å²) in [6.45, 7) is 0.742. The Labute approximate surface area is 142 Å². The van der Waals surface area contributed by atoms with Crippen LogP contribution in [0.25, 0.3) is 0 Å². The molecule has 3 rings (SSSR count). The summed E-state index contributed by atoms with van der Waals surface area (Å²) in [4.78, 5) is 25.2. The van der Waals surface area contributed by atoms with Crippen molar-refractivity contribution in [2.75, 3.05) is 19.7 Å². The van der Waals surface area contributed by atoms with Crippen molar-refractivity contribution in [2.45, 2.75) is 6.10 Å². The van der Waals surface area contributed by atoms with Gasteiger partial charge in [0.15, 0.2) is 11.6 Å². The van der Waals surface area contributed by atoms with Crippen molar-refractivity contribution in [1.82, 2.24) is 4.90 Å². The summed E-state index contributed by atoms with van der Waals surface area (Å²) in [5, 5.41) is 9.03. The van der Waals surface area contributed by atoms with Crippen molar-refractivity contribution >= 4 is 11.9 Å². The van der Waals surface area contributed by atoms with E-state index in [1.165, 1.54) is 35.2 Å². The number of morpholine rings is 1. The lowest BCUT2D eigenvalue weighted by Crippen LogP contribution is -2.42. The van der Waals surface area contributed by atoms with E-state index in [4.69, 9.17) is 9.84 Å². The average Bonchev–Trinajstić information content (AvgIpc) is 2.63. The number of ether oxygens (including phenoxy) is 1. The highest BCUT2D eigenvalue weighted by Gasteiger charge is 2.27. The van der Waals surface area contributed by atoms with E-state index in [-0.39, 0.29) is 30.2 Å². The highest BCUT2D eigenvalue weighted by atomic mass is 19.2. The largest absolute Gasteiger partial charge is 0.478 e. The molecule has 7 heteroatoms. The lowest BCUT2D eigenvalue weighted by Gasteiger charge is -2.33. The number of halogens is 2. The fourth-order valence-electron chi connectivity index (χ4n) is 2.72. The second-order valence-corrected chi connectivity index (χ2v) is 5.67. The number of carbonyl (C=O) groups excluding carboxylic acids is 1. The zero-order chi connectivity index (χ0) is 18.0. The highest BCUT2D eigenvalue weighted by molar-refractivity contribution is 5.97. The minimum atomic E-state index is -1.11. The standard InChI is InChI=1S/C18H15F2NO4/c19-14-5-4-11(9-15(14)20)16-10-21(6-7-25-16)17(22)12-2-1-3-13(8-12)18(23)24/h1-5,8-9,16H,6-7,10H2,(H,23,24)/t16-/m1/s1. The topological polar surface area (TPSA) is 66.8 Å². The maximum Gasteiger partial charge on any atom is 0.335 e. The average molecular weight is 347 g/mol. The molecule has 5 nitrogen and oxygen atoms in total. The number of nitrogens with zero attached hydrogens (tertiary/aromatic N) is 1. The van der Waals surface area contributed by atoms with Crippen molar-refractivity contribution in [3.63, 3.8) is 0 Å². The summed E-state index contributed by atoms with van der Waals surface area (Å²) in [5.41, 5.74) is 0.720. The smallest absolute Gasteiger partial charge is 0.335 e. The van der Waals surface area contributed by atoms with Gasteiger partial charge >= 0.3 is 5.97 Å². The minimum absolute atomic E-state index is 0.0243. The number of aromatic carboxylic acids is 1. The van der Waals surface area contributed by atoms with Crippen molar-refractivity contribution in [1.29, 1.82) is 0 Å². The van der Waals surface area contributed by atoms with Crippen LogP contribution in [-0.4, -0.2) is 41.6 Å². The summed E-state index contributed by atoms with van der Waals surface area (Å²) in [6, 6.07) is 9.25. The molecule has 1 N–H and O–H groups in total. The Balaban J connectivity index is 1.78. The summed E-state index contributed by atoms with van der Waals surface area (Å²) in [6.07, 6.45) is -0.574. The molecule has 1 saturated heterocycles. The van der Waals surface area contributed by atoms with E-state index in [2.05, 4.69) is 0 Å². The third-order valence-corrected chi connectivity index (χ3v) is 4.03. The van der Waals surface area contributed by atoms with Crippen LogP contribution >= 0.6 is 0 Å². The Morgan fingerprint density at radius 2 is 1.84 bits per heavy atom. The van der Waals surface area contributed by atoms with E-state index < -0.39 is 23.7 Å². The molecule has 0 spiro atoms. The summed E-state index contributed by atoms with van der Waals surface area (Å²) in [7, 11) is 0. The van der Waals surface area contributed by atoms with Crippen LogP contribution in [0.1, 0.15) is 32.4 Å². The number of hydrogen-bond acceptors (Lipinski definition) is 3. The fraction of sp³-hybridized carbons (Fsp3) is 0.222. The Kier molecular flexibility index (Phi) is 4.76. The van der Waals surface area contributed by atoms with Gasteiger partial charge in [0.25, 0.3) is 5.91 Å².